The Kier molecular flexibility index (Phi) is 5.27. The van der Waals surface area contributed by atoms with Gasteiger partial charge in [-0.05, 0) is 67.2 Å². The van der Waals surface area contributed by atoms with Gasteiger partial charge in [0, 0.05) is 30.2 Å². The van der Waals surface area contributed by atoms with E-state index in [0.29, 0.717) is 5.11 Å². The van der Waals surface area contributed by atoms with Crippen molar-refractivity contribution in [3.63, 3.8) is 0 Å². The molecule has 24 heavy (non-hydrogen) atoms. The predicted octanol–water partition coefficient (Wildman–Crippen LogP) is 3.78. The molecule has 4 nitrogen and oxygen atoms in total. The molecule has 2 aromatic carbocycles. The molecule has 1 aliphatic rings. The predicted molar refractivity (Wildman–Crippen MR) is 100 cm³/mol. The lowest BCUT2D eigenvalue weighted by Gasteiger charge is -2.29. The van der Waals surface area contributed by atoms with Crippen molar-refractivity contribution in [1.82, 2.24) is 0 Å². The maximum absolute atomic E-state index is 13.1. The second-order valence-corrected chi connectivity index (χ2v) is 6.09. The summed E-state index contributed by atoms with van der Waals surface area (Å²) in [6, 6.07) is 12.7. The molecule has 1 aliphatic heterocycles. The highest BCUT2D eigenvalue weighted by Crippen LogP contribution is 2.20. The number of benzene rings is 2. The van der Waals surface area contributed by atoms with Crippen molar-refractivity contribution in [3.8, 4) is 0 Å². The van der Waals surface area contributed by atoms with E-state index in [1.165, 1.54) is 17.8 Å². The summed E-state index contributed by atoms with van der Waals surface area (Å²) in [5.74, 6) is -0.254. The summed E-state index contributed by atoms with van der Waals surface area (Å²) < 4.78 is 18.5. The zero-order valence-corrected chi connectivity index (χ0v) is 14.3. The normalized spacial score (nSPS) is 14.3. The summed E-state index contributed by atoms with van der Waals surface area (Å²) in [6.07, 6.45) is 0. The van der Waals surface area contributed by atoms with Gasteiger partial charge in [-0.25, -0.2) is 4.39 Å². The monoisotopic (exact) mass is 345 g/mol. The summed E-state index contributed by atoms with van der Waals surface area (Å²) >= 11 is 5.33. The van der Waals surface area contributed by atoms with Gasteiger partial charge in [0.25, 0.3) is 0 Å². The molecule has 1 fully saturated rings. The highest BCUT2D eigenvalue weighted by Gasteiger charge is 2.11. The molecule has 6 heteroatoms. The standard InChI is InChI=1S/C18H20FN3OS/c1-13-12-14(19)2-7-17(13)21-18(24)20-15-3-5-16(6-4-15)22-8-10-23-11-9-22/h2-7,12H,8-11H2,1H3,(H2,20,21,24). The molecule has 1 heterocycles. The lowest BCUT2D eigenvalue weighted by atomic mass is 10.2. The van der Waals surface area contributed by atoms with Crippen molar-refractivity contribution < 1.29 is 9.13 Å². The van der Waals surface area contributed by atoms with Gasteiger partial charge >= 0.3 is 0 Å². The third-order valence-electron chi connectivity index (χ3n) is 3.94. The van der Waals surface area contributed by atoms with Crippen LogP contribution in [-0.2, 0) is 4.74 Å². The first-order valence-corrected chi connectivity index (χ1v) is 8.29. The Morgan fingerprint density at radius 2 is 1.79 bits per heavy atom. The maximum Gasteiger partial charge on any atom is 0.175 e. The molecule has 0 saturated carbocycles. The smallest absolute Gasteiger partial charge is 0.175 e. The second-order valence-electron chi connectivity index (χ2n) is 5.68. The minimum absolute atomic E-state index is 0.254. The number of morpholine rings is 1. The van der Waals surface area contributed by atoms with Gasteiger partial charge in [-0.15, -0.1) is 0 Å². The van der Waals surface area contributed by atoms with E-state index in [-0.39, 0.29) is 5.82 Å². The fourth-order valence-corrected chi connectivity index (χ4v) is 2.86. The van der Waals surface area contributed by atoms with Crippen LogP contribution in [0.1, 0.15) is 5.56 Å². The Bertz CT molecular complexity index is 715. The average molecular weight is 345 g/mol. The van der Waals surface area contributed by atoms with Crippen molar-refractivity contribution in [2.45, 2.75) is 6.92 Å². The van der Waals surface area contributed by atoms with Gasteiger partial charge in [-0.1, -0.05) is 0 Å². The number of aryl methyl sites for hydroxylation is 1. The second kappa shape index (κ2) is 7.59. The van der Waals surface area contributed by atoms with Crippen molar-refractivity contribution in [2.24, 2.45) is 0 Å². The Morgan fingerprint density at radius 3 is 2.46 bits per heavy atom. The molecule has 126 valence electrons. The van der Waals surface area contributed by atoms with Crippen LogP contribution in [-0.4, -0.2) is 31.4 Å². The number of rotatable bonds is 3. The van der Waals surface area contributed by atoms with Gasteiger partial charge in [0.15, 0.2) is 5.11 Å². The quantitative estimate of drug-likeness (QED) is 0.828. The van der Waals surface area contributed by atoms with Crippen LogP contribution in [0.2, 0.25) is 0 Å². The van der Waals surface area contributed by atoms with E-state index in [1.807, 2.05) is 19.1 Å². The van der Waals surface area contributed by atoms with E-state index < -0.39 is 0 Å². The Hall–Kier alpha value is -2.18. The molecular weight excluding hydrogens is 325 g/mol. The van der Waals surface area contributed by atoms with Gasteiger partial charge in [0.1, 0.15) is 5.82 Å². The number of nitrogens with zero attached hydrogens (tertiary/aromatic N) is 1. The van der Waals surface area contributed by atoms with Crippen LogP contribution in [0, 0.1) is 12.7 Å². The lowest BCUT2D eigenvalue weighted by Crippen LogP contribution is -2.36. The van der Waals surface area contributed by atoms with Gasteiger partial charge in [0.2, 0.25) is 0 Å². The number of hydrogen-bond acceptors (Lipinski definition) is 3. The number of hydrogen-bond donors (Lipinski definition) is 2. The fraction of sp³-hybridized carbons (Fsp3) is 0.278. The number of ether oxygens (including phenoxy) is 1. The first-order valence-electron chi connectivity index (χ1n) is 7.89. The zero-order chi connectivity index (χ0) is 16.9. The van der Waals surface area contributed by atoms with E-state index in [2.05, 4.69) is 27.7 Å². The molecule has 2 aromatic rings. The zero-order valence-electron chi connectivity index (χ0n) is 13.5. The third-order valence-corrected chi connectivity index (χ3v) is 4.14. The maximum atomic E-state index is 13.1. The minimum atomic E-state index is -0.254. The Morgan fingerprint density at radius 1 is 1.08 bits per heavy atom. The molecule has 0 atom stereocenters. The molecule has 0 aromatic heterocycles. The van der Waals surface area contributed by atoms with E-state index in [4.69, 9.17) is 17.0 Å². The van der Waals surface area contributed by atoms with Crippen LogP contribution in [0.15, 0.2) is 42.5 Å². The van der Waals surface area contributed by atoms with Crippen LogP contribution in [0.5, 0.6) is 0 Å². The summed E-state index contributed by atoms with van der Waals surface area (Å²) in [6.45, 7) is 5.20. The van der Waals surface area contributed by atoms with Crippen LogP contribution in [0.3, 0.4) is 0 Å². The van der Waals surface area contributed by atoms with Crippen molar-refractivity contribution >= 4 is 34.4 Å². The largest absolute Gasteiger partial charge is 0.378 e. The molecule has 2 N–H and O–H groups in total. The molecule has 0 aliphatic carbocycles. The average Bonchev–Trinajstić information content (AvgIpc) is 2.59. The van der Waals surface area contributed by atoms with Crippen molar-refractivity contribution in [1.29, 1.82) is 0 Å². The summed E-state index contributed by atoms with van der Waals surface area (Å²) in [5, 5.41) is 6.71. The van der Waals surface area contributed by atoms with E-state index in [0.717, 1.165) is 43.2 Å². The van der Waals surface area contributed by atoms with Gasteiger partial charge in [-0.2, -0.15) is 0 Å². The number of anilines is 3. The minimum Gasteiger partial charge on any atom is -0.378 e. The lowest BCUT2D eigenvalue weighted by molar-refractivity contribution is 0.122. The summed E-state index contributed by atoms with van der Waals surface area (Å²) in [4.78, 5) is 2.30. The van der Waals surface area contributed by atoms with Crippen molar-refractivity contribution in [3.05, 3.63) is 53.8 Å². The van der Waals surface area contributed by atoms with Gasteiger partial charge < -0.3 is 20.3 Å². The fourth-order valence-electron chi connectivity index (χ4n) is 2.63. The van der Waals surface area contributed by atoms with Gasteiger partial charge in [0.05, 0.1) is 13.2 Å². The Labute approximate surface area is 146 Å². The molecule has 0 bridgehead atoms. The Balaban J connectivity index is 1.59. The van der Waals surface area contributed by atoms with E-state index in [1.54, 1.807) is 6.07 Å². The van der Waals surface area contributed by atoms with E-state index >= 15 is 0 Å². The van der Waals surface area contributed by atoms with Crippen LogP contribution in [0.25, 0.3) is 0 Å². The highest BCUT2D eigenvalue weighted by atomic mass is 32.1. The topological polar surface area (TPSA) is 36.5 Å². The van der Waals surface area contributed by atoms with E-state index in [9.17, 15) is 4.39 Å². The summed E-state index contributed by atoms with van der Waals surface area (Å²) in [7, 11) is 0. The molecule has 0 amide bonds. The first-order chi connectivity index (χ1) is 11.6. The number of nitrogens with one attached hydrogen (secondary N) is 2. The molecule has 1 saturated heterocycles. The SMILES string of the molecule is Cc1cc(F)ccc1NC(=S)Nc1ccc(N2CCOCC2)cc1. The number of halogens is 1. The van der Waals surface area contributed by atoms with Gasteiger partial charge in [-0.3, -0.25) is 0 Å². The number of thiocarbonyl (C=S) groups is 1. The van der Waals surface area contributed by atoms with Crippen LogP contribution >= 0.6 is 12.2 Å². The van der Waals surface area contributed by atoms with Crippen LogP contribution in [0.4, 0.5) is 21.5 Å². The molecule has 3 rings (SSSR count). The molecule has 0 unspecified atom stereocenters. The molecular formula is C18H20FN3OS. The molecule has 0 radical (unpaired) electrons. The van der Waals surface area contributed by atoms with Crippen LogP contribution < -0.4 is 15.5 Å². The first kappa shape index (κ1) is 16.7. The third kappa shape index (κ3) is 4.21. The highest BCUT2D eigenvalue weighted by molar-refractivity contribution is 7.80. The summed E-state index contributed by atoms with van der Waals surface area (Å²) in [5.41, 5.74) is 3.68. The van der Waals surface area contributed by atoms with Crippen molar-refractivity contribution in [2.75, 3.05) is 41.8 Å². The molecule has 0 spiro atoms.